The summed E-state index contributed by atoms with van der Waals surface area (Å²) < 4.78 is 13.6. The van der Waals surface area contributed by atoms with E-state index in [1.165, 1.54) is 18.9 Å². The van der Waals surface area contributed by atoms with Crippen molar-refractivity contribution >= 4 is 11.6 Å². The third-order valence-corrected chi connectivity index (χ3v) is 3.52. The molecule has 0 bridgehead atoms. The minimum absolute atomic E-state index is 0.00891. The Morgan fingerprint density at radius 3 is 2.57 bits per heavy atom. The summed E-state index contributed by atoms with van der Waals surface area (Å²) in [5, 5.41) is 0.634. The highest BCUT2D eigenvalue weighted by Crippen LogP contribution is 2.42. The molecule has 0 aromatic heterocycles. The molecule has 1 aliphatic carbocycles. The maximum atomic E-state index is 13.6. The van der Waals surface area contributed by atoms with Gasteiger partial charge in [-0.05, 0) is 42.0 Å². The zero-order chi connectivity index (χ0) is 10.2. The first-order valence-electron chi connectivity index (χ1n) is 5.07. The highest BCUT2D eigenvalue weighted by Gasteiger charge is 2.32. The van der Waals surface area contributed by atoms with Crippen molar-refractivity contribution in [2.45, 2.75) is 38.0 Å². The second-order valence-electron chi connectivity index (χ2n) is 4.39. The van der Waals surface area contributed by atoms with Gasteiger partial charge in [0.25, 0.3) is 0 Å². The molecule has 0 N–H and O–H groups in total. The van der Waals surface area contributed by atoms with Gasteiger partial charge in [-0.15, -0.1) is 0 Å². The molecule has 0 heterocycles. The first-order chi connectivity index (χ1) is 6.62. The second-order valence-corrected chi connectivity index (χ2v) is 4.83. The highest BCUT2D eigenvalue weighted by atomic mass is 35.5. The molecule has 0 spiro atoms. The van der Waals surface area contributed by atoms with Gasteiger partial charge < -0.3 is 0 Å². The van der Waals surface area contributed by atoms with E-state index in [1.54, 1.807) is 12.1 Å². The van der Waals surface area contributed by atoms with Crippen LogP contribution in [0.2, 0.25) is 5.02 Å². The van der Waals surface area contributed by atoms with E-state index >= 15 is 0 Å². The van der Waals surface area contributed by atoms with Crippen LogP contribution < -0.4 is 0 Å². The number of hydrogen-bond donors (Lipinski definition) is 0. The number of hydrogen-bond acceptors (Lipinski definition) is 0. The standard InChI is InChI=1S/C12H14ClF/c1-12(6-2-3-7-12)10-8-9(13)4-5-11(10)14/h4-5,8H,2-3,6-7H2,1H3. The van der Waals surface area contributed by atoms with Crippen LogP contribution in [0.5, 0.6) is 0 Å². The quantitative estimate of drug-likeness (QED) is 0.651. The molecule has 1 aliphatic rings. The smallest absolute Gasteiger partial charge is 0.127 e. The van der Waals surface area contributed by atoms with Crippen molar-refractivity contribution in [3.63, 3.8) is 0 Å². The van der Waals surface area contributed by atoms with E-state index in [1.807, 2.05) is 0 Å². The number of rotatable bonds is 1. The van der Waals surface area contributed by atoms with E-state index in [2.05, 4.69) is 6.92 Å². The van der Waals surface area contributed by atoms with Crippen molar-refractivity contribution in [3.05, 3.63) is 34.6 Å². The van der Waals surface area contributed by atoms with Crippen LogP contribution in [-0.4, -0.2) is 0 Å². The summed E-state index contributed by atoms with van der Waals surface area (Å²) in [6.45, 7) is 2.13. The number of benzene rings is 1. The van der Waals surface area contributed by atoms with E-state index < -0.39 is 0 Å². The zero-order valence-electron chi connectivity index (χ0n) is 8.32. The van der Waals surface area contributed by atoms with Crippen LogP contribution in [0.1, 0.15) is 38.2 Å². The van der Waals surface area contributed by atoms with Gasteiger partial charge in [0.2, 0.25) is 0 Å². The molecular weight excluding hydrogens is 199 g/mol. The average Bonchev–Trinajstić information content (AvgIpc) is 2.58. The maximum Gasteiger partial charge on any atom is 0.127 e. The Morgan fingerprint density at radius 2 is 1.93 bits per heavy atom. The van der Waals surface area contributed by atoms with Gasteiger partial charge in [0.1, 0.15) is 5.82 Å². The van der Waals surface area contributed by atoms with Crippen molar-refractivity contribution in [1.29, 1.82) is 0 Å². The Labute approximate surface area is 89.1 Å². The lowest BCUT2D eigenvalue weighted by Crippen LogP contribution is -2.18. The van der Waals surface area contributed by atoms with Crippen LogP contribution in [0.3, 0.4) is 0 Å². The molecule has 2 heteroatoms. The fourth-order valence-electron chi connectivity index (χ4n) is 2.38. The third kappa shape index (κ3) is 1.66. The molecule has 2 rings (SSSR count). The monoisotopic (exact) mass is 212 g/mol. The van der Waals surface area contributed by atoms with E-state index in [0.717, 1.165) is 18.4 Å². The lowest BCUT2D eigenvalue weighted by atomic mass is 9.81. The molecule has 1 aromatic carbocycles. The summed E-state index contributed by atoms with van der Waals surface area (Å²) in [6, 6.07) is 4.86. The van der Waals surface area contributed by atoms with Gasteiger partial charge in [-0.2, -0.15) is 0 Å². The molecule has 0 aliphatic heterocycles. The first-order valence-corrected chi connectivity index (χ1v) is 5.45. The van der Waals surface area contributed by atoms with Crippen LogP contribution in [0.15, 0.2) is 18.2 Å². The molecule has 0 saturated heterocycles. The molecule has 1 fully saturated rings. The lowest BCUT2D eigenvalue weighted by Gasteiger charge is -2.24. The van der Waals surface area contributed by atoms with Crippen molar-refractivity contribution in [2.24, 2.45) is 0 Å². The Balaban J connectivity index is 2.44. The molecule has 1 aromatic rings. The lowest BCUT2D eigenvalue weighted by molar-refractivity contribution is 0.457. The topological polar surface area (TPSA) is 0 Å². The molecule has 0 amide bonds. The Hall–Kier alpha value is -0.560. The molecule has 0 nitrogen and oxygen atoms in total. The minimum atomic E-state index is -0.112. The molecule has 14 heavy (non-hydrogen) atoms. The third-order valence-electron chi connectivity index (χ3n) is 3.29. The highest BCUT2D eigenvalue weighted by molar-refractivity contribution is 6.30. The van der Waals surface area contributed by atoms with Gasteiger partial charge in [-0.3, -0.25) is 0 Å². The predicted octanol–water partition coefficient (Wildman–Crippen LogP) is 4.31. The van der Waals surface area contributed by atoms with Crippen LogP contribution in [0.4, 0.5) is 4.39 Å². The van der Waals surface area contributed by atoms with E-state index in [9.17, 15) is 4.39 Å². The summed E-state index contributed by atoms with van der Waals surface area (Å²) in [5.74, 6) is -0.112. The van der Waals surface area contributed by atoms with Crippen LogP contribution in [0.25, 0.3) is 0 Å². The van der Waals surface area contributed by atoms with Crippen molar-refractivity contribution in [2.75, 3.05) is 0 Å². The summed E-state index contributed by atoms with van der Waals surface area (Å²) in [5.41, 5.74) is 0.803. The molecule has 0 unspecified atom stereocenters. The van der Waals surface area contributed by atoms with Gasteiger partial charge in [-0.25, -0.2) is 4.39 Å². The largest absolute Gasteiger partial charge is 0.207 e. The Bertz CT molecular complexity index is 340. The van der Waals surface area contributed by atoms with E-state index in [0.29, 0.717) is 5.02 Å². The predicted molar refractivity (Wildman–Crippen MR) is 57.2 cm³/mol. The van der Waals surface area contributed by atoms with Gasteiger partial charge >= 0.3 is 0 Å². The van der Waals surface area contributed by atoms with E-state index in [4.69, 9.17) is 11.6 Å². The minimum Gasteiger partial charge on any atom is -0.207 e. The average molecular weight is 213 g/mol. The molecule has 1 saturated carbocycles. The van der Waals surface area contributed by atoms with E-state index in [-0.39, 0.29) is 11.2 Å². The molecular formula is C12H14ClF. The number of halogens is 2. The molecule has 0 radical (unpaired) electrons. The fourth-order valence-corrected chi connectivity index (χ4v) is 2.56. The Morgan fingerprint density at radius 1 is 1.29 bits per heavy atom. The van der Waals surface area contributed by atoms with Gasteiger partial charge in [0, 0.05) is 5.02 Å². The summed E-state index contributed by atoms with van der Waals surface area (Å²) in [6.07, 6.45) is 4.54. The van der Waals surface area contributed by atoms with Gasteiger partial charge in [0.15, 0.2) is 0 Å². The fraction of sp³-hybridized carbons (Fsp3) is 0.500. The summed E-state index contributed by atoms with van der Waals surface area (Å²) in [4.78, 5) is 0. The second kappa shape index (κ2) is 3.54. The molecule has 76 valence electrons. The van der Waals surface area contributed by atoms with Crippen molar-refractivity contribution in [3.8, 4) is 0 Å². The summed E-state index contributed by atoms with van der Waals surface area (Å²) >= 11 is 5.89. The van der Waals surface area contributed by atoms with Gasteiger partial charge in [0.05, 0.1) is 0 Å². The van der Waals surface area contributed by atoms with Crippen molar-refractivity contribution in [1.82, 2.24) is 0 Å². The SMILES string of the molecule is CC1(c2cc(Cl)ccc2F)CCCC1. The maximum absolute atomic E-state index is 13.6. The van der Waals surface area contributed by atoms with Crippen molar-refractivity contribution < 1.29 is 4.39 Å². The molecule has 0 atom stereocenters. The Kier molecular flexibility index (Phi) is 2.52. The first kappa shape index (κ1) is 9.97. The van der Waals surface area contributed by atoms with Crippen LogP contribution in [0, 0.1) is 5.82 Å². The summed E-state index contributed by atoms with van der Waals surface area (Å²) in [7, 11) is 0. The van der Waals surface area contributed by atoms with Gasteiger partial charge in [-0.1, -0.05) is 31.4 Å². The van der Waals surface area contributed by atoms with Crippen LogP contribution in [-0.2, 0) is 5.41 Å². The normalized spacial score (nSPS) is 19.9. The van der Waals surface area contributed by atoms with Crippen LogP contribution >= 0.6 is 11.6 Å². The zero-order valence-corrected chi connectivity index (χ0v) is 9.07.